The second-order valence-electron chi connectivity index (χ2n) is 6.04. The molecule has 1 aromatic heterocycles. The summed E-state index contributed by atoms with van der Waals surface area (Å²) >= 11 is 0. The summed E-state index contributed by atoms with van der Waals surface area (Å²) in [6, 6.07) is 0.360. The van der Waals surface area contributed by atoms with Crippen molar-refractivity contribution in [3.8, 4) is 0 Å². The van der Waals surface area contributed by atoms with Crippen LogP contribution in [0.1, 0.15) is 18.4 Å². The van der Waals surface area contributed by atoms with Gasteiger partial charge in [-0.15, -0.1) is 0 Å². The first-order valence-electron chi connectivity index (χ1n) is 7.10. The van der Waals surface area contributed by atoms with Crippen LogP contribution in [-0.2, 0) is 23.6 Å². The standard InChI is InChI=1S/C13H22N4O2S/c1-15-7-11(6-14-15)8-16-5-3-4-12-9-17(10-13(12)16)20(2,18)19/h6-7,12-13H,3-5,8-10H2,1-2H3/t12-,13+/m0/s1. The largest absolute Gasteiger partial charge is 0.294 e. The topological polar surface area (TPSA) is 58.4 Å². The summed E-state index contributed by atoms with van der Waals surface area (Å²) in [4.78, 5) is 2.43. The zero-order chi connectivity index (χ0) is 14.3. The van der Waals surface area contributed by atoms with E-state index >= 15 is 0 Å². The summed E-state index contributed by atoms with van der Waals surface area (Å²) in [6.07, 6.45) is 7.54. The first kappa shape index (κ1) is 14.0. The maximum atomic E-state index is 11.7. The van der Waals surface area contributed by atoms with Gasteiger partial charge < -0.3 is 0 Å². The summed E-state index contributed by atoms with van der Waals surface area (Å²) in [6.45, 7) is 3.25. The Bertz CT molecular complexity index is 583. The molecule has 2 fully saturated rings. The minimum atomic E-state index is -3.06. The van der Waals surface area contributed by atoms with Gasteiger partial charge in [-0.25, -0.2) is 12.7 Å². The van der Waals surface area contributed by atoms with Gasteiger partial charge in [-0.1, -0.05) is 0 Å². The SMILES string of the molecule is Cn1cc(CN2CCC[C@H]3CN(S(C)(=O)=O)C[C@H]32)cn1. The highest BCUT2D eigenvalue weighted by atomic mass is 32.2. The highest BCUT2D eigenvalue weighted by Crippen LogP contribution is 2.32. The van der Waals surface area contributed by atoms with Crippen molar-refractivity contribution in [2.75, 3.05) is 25.9 Å². The lowest BCUT2D eigenvalue weighted by Crippen LogP contribution is -2.44. The molecule has 112 valence electrons. The van der Waals surface area contributed by atoms with Gasteiger partial charge in [-0.05, 0) is 25.3 Å². The van der Waals surface area contributed by atoms with Gasteiger partial charge in [0.2, 0.25) is 10.0 Å². The number of hydrogen-bond acceptors (Lipinski definition) is 4. The van der Waals surface area contributed by atoms with Crippen molar-refractivity contribution in [1.29, 1.82) is 0 Å². The molecule has 0 bridgehead atoms. The van der Waals surface area contributed by atoms with E-state index in [2.05, 4.69) is 10.00 Å². The van der Waals surface area contributed by atoms with Gasteiger partial charge in [-0.2, -0.15) is 5.10 Å². The Hall–Kier alpha value is -0.920. The highest BCUT2D eigenvalue weighted by molar-refractivity contribution is 7.88. The summed E-state index contributed by atoms with van der Waals surface area (Å²) in [5.41, 5.74) is 1.20. The van der Waals surface area contributed by atoms with Crippen LogP contribution < -0.4 is 0 Å². The Morgan fingerprint density at radius 2 is 2.20 bits per heavy atom. The van der Waals surface area contributed by atoms with Crippen molar-refractivity contribution in [3.63, 3.8) is 0 Å². The molecule has 0 aliphatic carbocycles. The van der Waals surface area contributed by atoms with Crippen molar-refractivity contribution in [2.24, 2.45) is 13.0 Å². The van der Waals surface area contributed by atoms with E-state index in [1.54, 1.807) is 4.31 Å². The number of sulfonamides is 1. The zero-order valence-corrected chi connectivity index (χ0v) is 12.9. The average Bonchev–Trinajstić information content (AvgIpc) is 2.95. The van der Waals surface area contributed by atoms with Gasteiger partial charge in [0.15, 0.2) is 0 Å². The van der Waals surface area contributed by atoms with E-state index in [1.807, 2.05) is 24.1 Å². The van der Waals surface area contributed by atoms with Crippen molar-refractivity contribution in [3.05, 3.63) is 18.0 Å². The normalized spacial score (nSPS) is 28.7. The van der Waals surface area contributed by atoms with Crippen LogP contribution in [-0.4, -0.2) is 59.3 Å². The van der Waals surface area contributed by atoms with Gasteiger partial charge in [-0.3, -0.25) is 9.58 Å². The monoisotopic (exact) mass is 298 g/mol. The maximum absolute atomic E-state index is 11.7. The third-order valence-corrected chi connectivity index (χ3v) is 5.71. The summed E-state index contributed by atoms with van der Waals surface area (Å²) < 4.78 is 26.9. The van der Waals surface area contributed by atoms with Crippen molar-refractivity contribution in [1.82, 2.24) is 19.0 Å². The minimum Gasteiger partial charge on any atom is -0.294 e. The van der Waals surface area contributed by atoms with Crippen molar-refractivity contribution in [2.45, 2.75) is 25.4 Å². The number of hydrogen-bond donors (Lipinski definition) is 0. The summed E-state index contributed by atoms with van der Waals surface area (Å²) in [5.74, 6) is 0.482. The molecule has 3 heterocycles. The van der Waals surface area contributed by atoms with Crippen LogP contribution >= 0.6 is 0 Å². The molecule has 2 saturated heterocycles. The number of fused-ring (bicyclic) bond motifs is 1. The molecule has 0 aromatic carbocycles. The second kappa shape index (κ2) is 5.13. The molecule has 0 amide bonds. The predicted octanol–water partition coefficient (Wildman–Crippen LogP) is 0.276. The number of aromatic nitrogens is 2. The number of piperidine rings is 1. The lowest BCUT2D eigenvalue weighted by Gasteiger charge is -2.36. The van der Waals surface area contributed by atoms with Crippen LogP contribution in [0.15, 0.2) is 12.4 Å². The Labute approximate surface area is 120 Å². The van der Waals surface area contributed by atoms with E-state index in [4.69, 9.17) is 0 Å². The molecular formula is C13H22N4O2S. The van der Waals surface area contributed by atoms with Crippen LogP contribution in [0.4, 0.5) is 0 Å². The molecule has 3 rings (SSSR count). The van der Waals surface area contributed by atoms with Gasteiger partial charge >= 0.3 is 0 Å². The number of nitrogens with zero attached hydrogens (tertiary/aromatic N) is 4. The van der Waals surface area contributed by atoms with Crippen molar-refractivity contribution < 1.29 is 8.42 Å². The molecule has 0 saturated carbocycles. The first-order valence-corrected chi connectivity index (χ1v) is 8.95. The summed E-state index contributed by atoms with van der Waals surface area (Å²) in [7, 11) is -1.14. The fourth-order valence-electron chi connectivity index (χ4n) is 3.49. The second-order valence-corrected chi connectivity index (χ2v) is 8.02. The van der Waals surface area contributed by atoms with E-state index in [0.29, 0.717) is 25.0 Å². The van der Waals surface area contributed by atoms with Crippen LogP contribution in [0.25, 0.3) is 0 Å². The lowest BCUT2D eigenvalue weighted by atomic mass is 9.92. The van der Waals surface area contributed by atoms with Crippen LogP contribution in [0.3, 0.4) is 0 Å². The lowest BCUT2D eigenvalue weighted by molar-refractivity contribution is 0.117. The molecule has 2 aliphatic rings. The van der Waals surface area contributed by atoms with E-state index in [9.17, 15) is 8.42 Å². The van der Waals surface area contributed by atoms with Crippen LogP contribution in [0.2, 0.25) is 0 Å². The smallest absolute Gasteiger partial charge is 0.211 e. The Morgan fingerprint density at radius 1 is 1.40 bits per heavy atom. The zero-order valence-electron chi connectivity index (χ0n) is 12.1. The fourth-order valence-corrected chi connectivity index (χ4v) is 4.38. The molecule has 6 nitrogen and oxygen atoms in total. The molecule has 0 unspecified atom stereocenters. The van der Waals surface area contributed by atoms with Crippen LogP contribution in [0.5, 0.6) is 0 Å². The molecular weight excluding hydrogens is 276 g/mol. The van der Waals surface area contributed by atoms with E-state index in [1.165, 1.54) is 11.8 Å². The molecule has 20 heavy (non-hydrogen) atoms. The van der Waals surface area contributed by atoms with E-state index in [0.717, 1.165) is 25.9 Å². The molecule has 0 N–H and O–H groups in total. The van der Waals surface area contributed by atoms with Gasteiger partial charge in [0.05, 0.1) is 12.5 Å². The maximum Gasteiger partial charge on any atom is 0.211 e. The molecule has 0 radical (unpaired) electrons. The van der Waals surface area contributed by atoms with E-state index in [-0.39, 0.29) is 0 Å². The molecule has 2 aliphatic heterocycles. The predicted molar refractivity (Wildman–Crippen MR) is 76.5 cm³/mol. The third kappa shape index (κ3) is 2.75. The Morgan fingerprint density at radius 3 is 2.85 bits per heavy atom. The minimum absolute atomic E-state index is 0.360. The van der Waals surface area contributed by atoms with Gasteiger partial charge in [0.25, 0.3) is 0 Å². The van der Waals surface area contributed by atoms with Crippen LogP contribution in [0, 0.1) is 5.92 Å². The average molecular weight is 298 g/mol. The summed E-state index contributed by atoms with van der Waals surface area (Å²) in [5, 5.41) is 4.21. The number of likely N-dealkylation sites (tertiary alicyclic amines) is 1. The van der Waals surface area contributed by atoms with Gasteiger partial charge in [0, 0.05) is 44.5 Å². The fraction of sp³-hybridized carbons (Fsp3) is 0.769. The Balaban J connectivity index is 1.73. The first-order chi connectivity index (χ1) is 9.43. The molecule has 2 atom stereocenters. The highest BCUT2D eigenvalue weighted by Gasteiger charge is 2.41. The van der Waals surface area contributed by atoms with Gasteiger partial charge in [0.1, 0.15) is 0 Å². The quantitative estimate of drug-likeness (QED) is 0.804. The van der Waals surface area contributed by atoms with E-state index < -0.39 is 10.0 Å². The third-order valence-electron chi connectivity index (χ3n) is 4.48. The Kier molecular flexibility index (Phi) is 3.60. The molecule has 0 spiro atoms. The van der Waals surface area contributed by atoms with Crippen molar-refractivity contribution >= 4 is 10.0 Å². The molecule has 7 heteroatoms. The number of aryl methyl sites for hydroxylation is 1. The molecule has 1 aromatic rings. The number of rotatable bonds is 3.